The van der Waals surface area contributed by atoms with Crippen LogP contribution in [-0.2, 0) is 18.4 Å². The van der Waals surface area contributed by atoms with Crippen LogP contribution in [0.5, 0.6) is 0 Å². The summed E-state index contributed by atoms with van der Waals surface area (Å²) in [6.45, 7) is 4.60. The summed E-state index contributed by atoms with van der Waals surface area (Å²) in [6.07, 6.45) is 43.6. The van der Waals surface area contributed by atoms with Crippen LogP contribution in [0, 0.1) is 0 Å². The van der Waals surface area contributed by atoms with E-state index in [4.69, 9.17) is 9.05 Å². The highest BCUT2D eigenvalue weighted by atomic mass is 31.2. The number of hydrogen-bond acceptors (Lipinski definition) is 6. The predicted octanol–water partition coefficient (Wildman–Crippen LogP) is 11.9. The lowest BCUT2D eigenvalue weighted by molar-refractivity contribution is -0.870. The quantitative estimate of drug-likeness (QED) is 0.0277. The fourth-order valence-electron chi connectivity index (χ4n) is 6.51. The van der Waals surface area contributed by atoms with Gasteiger partial charge in [0.15, 0.2) is 0 Å². The van der Waals surface area contributed by atoms with Gasteiger partial charge in [-0.15, -0.1) is 0 Å². The third-order valence-corrected chi connectivity index (χ3v) is 11.1. The number of unbranched alkanes of at least 4 members (excludes halogenated alkanes) is 26. The zero-order chi connectivity index (χ0) is 40.0. The molecule has 0 aliphatic rings. The van der Waals surface area contributed by atoms with E-state index >= 15 is 0 Å². The highest BCUT2D eigenvalue weighted by Gasteiger charge is 2.23. The van der Waals surface area contributed by atoms with Crippen LogP contribution in [0.25, 0.3) is 0 Å². The fraction of sp³-hybridized carbons (Fsp3) is 0.889. The van der Waals surface area contributed by atoms with Crippen molar-refractivity contribution in [3.63, 3.8) is 0 Å². The van der Waals surface area contributed by atoms with Crippen molar-refractivity contribution in [1.29, 1.82) is 0 Å². The summed E-state index contributed by atoms with van der Waals surface area (Å²) >= 11 is 0. The van der Waals surface area contributed by atoms with Crippen molar-refractivity contribution in [3.8, 4) is 0 Å². The van der Waals surface area contributed by atoms with Gasteiger partial charge in [0.05, 0.1) is 39.9 Å². The summed E-state index contributed by atoms with van der Waals surface area (Å²) in [5.41, 5.74) is 0. The van der Waals surface area contributed by atoms with Gasteiger partial charge in [0.25, 0.3) is 7.82 Å². The van der Waals surface area contributed by atoms with Crippen LogP contribution < -0.4 is 10.2 Å². The molecule has 0 bridgehead atoms. The van der Waals surface area contributed by atoms with Crippen molar-refractivity contribution < 1.29 is 32.9 Å². The van der Waals surface area contributed by atoms with Crippen LogP contribution in [-0.4, -0.2) is 68.5 Å². The topological polar surface area (TPSA) is 108 Å². The number of phosphoric ester groups is 1. The number of aliphatic hydroxyl groups is 1. The molecular weight excluding hydrogens is 695 g/mol. The highest BCUT2D eigenvalue weighted by molar-refractivity contribution is 7.45. The Labute approximate surface area is 334 Å². The Kier molecular flexibility index (Phi) is 36.8. The van der Waals surface area contributed by atoms with Gasteiger partial charge in [-0.25, -0.2) is 0 Å². The SMILES string of the molecule is CCC/C=C\CCCCCCCC/C=C/[C@@H](O)[C@H](COP(=O)([O-])OCC[N+](C)(C)C)NC(=O)CCCCCCCCCCCCCCCCCCCCC. The molecule has 0 spiro atoms. The molecule has 54 heavy (non-hydrogen) atoms. The van der Waals surface area contributed by atoms with Gasteiger partial charge < -0.3 is 28.8 Å². The number of quaternary nitrogens is 1. The average Bonchev–Trinajstić information content (AvgIpc) is 3.12. The van der Waals surface area contributed by atoms with E-state index < -0.39 is 20.0 Å². The lowest BCUT2D eigenvalue weighted by Gasteiger charge is -2.29. The molecule has 2 N–H and O–H groups in total. The molecule has 0 saturated heterocycles. The molecule has 0 fully saturated rings. The molecule has 0 aliphatic carbocycles. The molecule has 0 aromatic rings. The molecule has 0 aromatic heterocycles. The van der Waals surface area contributed by atoms with E-state index in [-0.39, 0.29) is 19.1 Å². The van der Waals surface area contributed by atoms with E-state index in [0.717, 1.165) is 38.5 Å². The second kappa shape index (κ2) is 37.6. The van der Waals surface area contributed by atoms with Gasteiger partial charge in [-0.1, -0.05) is 186 Å². The number of amides is 1. The first-order valence-corrected chi connectivity index (χ1v) is 24.2. The first-order chi connectivity index (χ1) is 26.0. The maximum Gasteiger partial charge on any atom is 0.268 e. The van der Waals surface area contributed by atoms with Gasteiger partial charge in [-0.2, -0.15) is 0 Å². The van der Waals surface area contributed by atoms with Crippen molar-refractivity contribution in [3.05, 3.63) is 24.3 Å². The van der Waals surface area contributed by atoms with Gasteiger partial charge in [0.2, 0.25) is 5.91 Å². The molecule has 9 heteroatoms. The standard InChI is InChI=1S/C45H89N2O6P/c1-6-8-10-12-14-16-18-20-21-22-23-24-25-27-29-31-33-35-37-39-45(49)46-43(42-53-54(50,51)52-41-40-47(3,4)5)44(48)38-36-34-32-30-28-26-19-17-15-13-11-9-7-2/h11,13,36,38,43-44,48H,6-10,12,14-35,37,39-42H2,1-5H3,(H-,46,49,50,51)/b13-11-,38-36+/t43-,44+/m0/s1. The summed E-state index contributed by atoms with van der Waals surface area (Å²) < 4.78 is 23.2. The Morgan fingerprint density at radius 3 is 1.52 bits per heavy atom. The van der Waals surface area contributed by atoms with Gasteiger partial charge >= 0.3 is 0 Å². The molecule has 0 aromatic carbocycles. The second-order valence-electron chi connectivity index (χ2n) is 16.8. The number of rotatable bonds is 41. The van der Waals surface area contributed by atoms with Crippen molar-refractivity contribution in [1.82, 2.24) is 5.32 Å². The summed E-state index contributed by atoms with van der Waals surface area (Å²) in [6, 6.07) is -0.885. The zero-order valence-electron chi connectivity index (χ0n) is 36.2. The molecule has 0 aliphatic heterocycles. The molecule has 0 heterocycles. The van der Waals surface area contributed by atoms with Gasteiger partial charge in [0, 0.05) is 6.42 Å². The van der Waals surface area contributed by atoms with Crippen LogP contribution in [0.3, 0.4) is 0 Å². The van der Waals surface area contributed by atoms with E-state index in [0.29, 0.717) is 17.4 Å². The summed E-state index contributed by atoms with van der Waals surface area (Å²) in [5, 5.41) is 13.8. The molecule has 3 atom stereocenters. The third kappa shape index (κ3) is 39.2. The minimum absolute atomic E-state index is 0.000826. The Bertz CT molecular complexity index is 938. The number of aliphatic hydroxyl groups excluding tert-OH is 1. The van der Waals surface area contributed by atoms with E-state index in [9.17, 15) is 19.4 Å². The number of phosphoric acid groups is 1. The number of nitrogens with zero attached hydrogens (tertiary/aromatic N) is 1. The smallest absolute Gasteiger partial charge is 0.268 e. The fourth-order valence-corrected chi connectivity index (χ4v) is 7.23. The maximum absolute atomic E-state index is 12.8. The monoisotopic (exact) mass is 785 g/mol. The Morgan fingerprint density at radius 2 is 1.06 bits per heavy atom. The van der Waals surface area contributed by atoms with Crippen molar-refractivity contribution in [2.24, 2.45) is 0 Å². The number of carbonyl (C=O) groups excluding carboxylic acids is 1. The highest BCUT2D eigenvalue weighted by Crippen LogP contribution is 2.38. The summed E-state index contributed by atoms with van der Waals surface area (Å²) in [7, 11) is 1.26. The van der Waals surface area contributed by atoms with Gasteiger partial charge in [0.1, 0.15) is 13.2 Å². The Balaban J connectivity index is 4.34. The average molecular weight is 785 g/mol. The molecule has 0 saturated carbocycles. The lowest BCUT2D eigenvalue weighted by atomic mass is 10.0. The number of carbonyl (C=O) groups is 1. The van der Waals surface area contributed by atoms with Crippen LogP contribution >= 0.6 is 7.82 Å². The van der Waals surface area contributed by atoms with Crippen LogP contribution in [0.2, 0.25) is 0 Å². The van der Waals surface area contributed by atoms with Gasteiger partial charge in [-0.05, 0) is 38.5 Å². The summed E-state index contributed by atoms with van der Waals surface area (Å²) in [4.78, 5) is 25.3. The molecule has 320 valence electrons. The predicted molar refractivity (Wildman–Crippen MR) is 228 cm³/mol. The Morgan fingerprint density at radius 1 is 0.630 bits per heavy atom. The largest absolute Gasteiger partial charge is 0.756 e. The number of hydrogen-bond donors (Lipinski definition) is 2. The van der Waals surface area contributed by atoms with Crippen LogP contribution in [0.1, 0.15) is 206 Å². The number of nitrogens with one attached hydrogen (secondary N) is 1. The number of allylic oxidation sites excluding steroid dienone is 3. The van der Waals surface area contributed by atoms with Crippen LogP contribution in [0.15, 0.2) is 24.3 Å². The summed E-state index contributed by atoms with van der Waals surface area (Å²) in [5.74, 6) is -0.199. The molecular formula is C45H89N2O6P. The minimum atomic E-state index is -4.58. The maximum atomic E-state index is 12.8. The molecule has 0 radical (unpaired) electrons. The molecule has 8 nitrogen and oxygen atoms in total. The molecule has 0 rings (SSSR count). The normalized spacial score (nSPS) is 14.6. The van der Waals surface area contributed by atoms with Crippen molar-refractivity contribution >= 4 is 13.7 Å². The Hall–Kier alpha value is -1.02. The third-order valence-electron chi connectivity index (χ3n) is 10.1. The minimum Gasteiger partial charge on any atom is -0.756 e. The molecule has 1 amide bonds. The van der Waals surface area contributed by atoms with Crippen molar-refractivity contribution in [2.75, 3.05) is 40.9 Å². The first-order valence-electron chi connectivity index (χ1n) is 22.7. The lowest BCUT2D eigenvalue weighted by Crippen LogP contribution is -2.45. The van der Waals surface area contributed by atoms with Crippen molar-refractivity contribution in [2.45, 2.75) is 219 Å². The van der Waals surface area contributed by atoms with E-state index in [1.807, 2.05) is 27.2 Å². The van der Waals surface area contributed by atoms with E-state index in [2.05, 4.69) is 31.3 Å². The molecule has 1 unspecified atom stereocenters. The van der Waals surface area contributed by atoms with E-state index in [1.165, 1.54) is 148 Å². The van der Waals surface area contributed by atoms with E-state index in [1.54, 1.807) is 6.08 Å². The van der Waals surface area contributed by atoms with Gasteiger partial charge in [-0.3, -0.25) is 9.36 Å². The number of likely N-dealkylation sites (N-methyl/N-ethyl adjacent to an activating group) is 1. The first kappa shape index (κ1) is 53.0. The zero-order valence-corrected chi connectivity index (χ0v) is 37.1. The van der Waals surface area contributed by atoms with Crippen LogP contribution in [0.4, 0.5) is 0 Å². The second-order valence-corrected chi connectivity index (χ2v) is 18.2.